The molecule has 3 rings (SSSR count). The molecule has 0 aliphatic carbocycles. The van der Waals surface area contributed by atoms with E-state index in [4.69, 9.17) is 18.9 Å². The topological polar surface area (TPSA) is 43.5 Å². The lowest BCUT2D eigenvalue weighted by atomic mass is 10.2. The van der Waals surface area contributed by atoms with Crippen molar-refractivity contribution in [3.05, 3.63) is 23.8 Å². The summed E-state index contributed by atoms with van der Waals surface area (Å²) in [6, 6.07) is 5.92. The third-order valence-corrected chi connectivity index (χ3v) is 2.70. The summed E-state index contributed by atoms with van der Waals surface area (Å²) in [5, 5.41) is 0. The van der Waals surface area contributed by atoms with E-state index in [9.17, 15) is 0 Å². The zero-order chi connectivity index (χ0) is 11.7. The van der Waals surface area contributed by atoms with Gasteiger partial charge in [0.1, 0.15) is 36.9 Å². The minimum Gasteiger partial charge on any atom is -0.491 e. The number of epoxide rings is 2. The summed E-state index contributed by atoms with van der Waals surface area (Å²) < 4.78 is 21.5. The van der Waals surface area contributed by atoms with Gasteiger partial charge < -0.3 is 18.9 Å². The molecule has 2 aliphatic rings. The standard InChI is InChI=1S/C13H16O4/c1-9-2-10(14-5-12-7-16-12)4-11(3-9)15-6-13-8-17-13/h2-4,12-13H,5-8H2,1H3. The first-order valence-corrected chi connectivity index (χ1v) is 5.90. The molecular weight excluding hydrogens is 220 g/mol. The summed E-state index contributed by atoms with van der Waals surface area (Å²) in [4.78, 5) is 0. The van der Waals surface area contributed by atoms with Gasteiger partial charge in [-0.3, -0.25) is 0 Å². The molecule has 1 aromatic carbocycles. The van der Waals surface area contributed by atoms with Gasteiger partial charge in [-0.25, -0.2) is 0 Å². The van der Waals surface area contributed by atoms with Crippen LogP contribution in [-0.4, -0.2) is 38.6 Å². The van der Waals surface area contributed by atoms with E-state index >= 15 is 0 Å². The minimum atomic E-state index is 0.278. The van der Waals surface area contributed by atoms with Crippen molar-refractivity contribution >= 4 is 0 Å². The monoisotopic (exact) mass is 236 g/mol. The molecule has 0 amide bonds. The van der Waals surface area contributed by atoms with Crippen molar-refractivity contribution in [2.75, 3.05) is 26.4 Å². The molecule has 4 heteroatoms. The van der Waals surface area contributed by atoms with Crippen LogP contribution in [0.4, 0.5) is 0 Å². The van der Waals surface area contributed by atoms with E-state index < -0.39 is 0 Å². The van der Waals surface area contributed by atoms with Gasteiger partial charge in [-0.1, -0.05) is 0 Å². The SMILES string of the molecule is Cc1cc(OCC2CO2)cc(OCC2CO2)c1. The number of aryl methyl sites for hydroxylation is 1. The molecule has 0 N–H and O–H groups in total. The first-order chi connectivity index (χ1) is 8.29. The third-order valence-electron chi connectivity index (χ3n) is 2.70. The highest BCUT2D eigenvalue weighted by Gasteiger charge is 2.24. The Balaban J connectivity index is 1.60. The molecule has 2 unspecified atom stereocenters. The van der Waals surface area contributed by atoms with Gasteiger partial charge in [0.2, 0.25) is 0 Å². The van der Waals surface area contributed by atoms with E-state index in [0.717, 1.165) is 30.3 Å². The molecule has 0 aromatic heterocycles. The lowest BCUT2D eigenvalue weighted by Gasteiger charge is -2.09. The molecule has 0 saturated carbocycles. The zero-order valence-electron chi connectivity index (χ0n) is 9.85. The maximum atomic E-state index is 5.64. The largest absolute Gasteiger partial charge is 0.491 e. The van der Waals surface area contributed by atoms with Gasteiger partial charge in [0.25, 0.3) is 0 Å². The van der Waals surface area contributed by atoms with Gasteiger partial charge in [-0.05, 0) is 24.6 Å². The number of hydrogen-bond acceptors (Lipinski definition) is 4. The van der Waals surface area contributed by atoms with Crippen molar-refractivity contribution in [1.29, 1.82) is 0 Å². The first-order valence-electron chi connectivity index (χ1n) is 5.90. The Hall–Kier alpha value is -1.26. The van der Waals surface area contributed by atoms with Gasteiger partial charge in [0, 0.05) is 6.07 Å². The van der Waals surface area contributed by atoms with Crippen molar-refractivity contribution < 1.29 is 18.9 Å². The Morgan fingerprint density at radius 3 is 1.88 bits per heavy atom. The number of hydrogen-bond donors (Lipinski definition) is 0. The van der Waals surface area contributed by atoms with Crippen LogP contribution in [0.1, 0.15) is 5.56 Å². The van der Waals surface area contributed by atoms with E-state index in [1.54, 1.807) is 0 Å². The Morgan fingerprint density at radius 2 is 1.47 bits per heavy atom. The average molecular weight is 236 g/mol. The van der Waals surface area contributed by atoms with E-state index in [1.165, 1.54) is 0 Å². The summed E-state index contributed by atoms with van der Waals surface area (Å²) >= 11 is 0. The summed E-state index contributed by atoms with van der Waals surface area (Å²) in [5.74, 6) is 1.68. The van der Waals surface area contributed by atoms with Crippen LogP contribution < -0.4 is 9.47 Å². The van der Waals surface area contributed by atoms with E-state index in [1.807, 2.05) is 25.1 Å². The van der Waals surface area contributed by atoms with Crippen LogP contribution in [0.3, 0.4) is 0 Å². The smallest absolute Gasteiger partial charge is 0.123 e. The van der Waals surface area contributed by atoms with Gasteiger partial charge >= 0.3 is 0 Å². The van der Waals surface area contributed by atoms with Crippen LogP contribution in [0.2, 0.25) is 0 Å². The van der Waals surface area contributed by atoms with Crippen molar-refractivity contribution in [2.45, 2.75) is 19.1 Å². The first kappa shape index (κ1) is 10.9. The normalized spacial score (nSPS) is 25.5. The number of benzene rings is 1. The lowest BCUT2D eigenvalue weighted by Crippen LogP contribution is -2.06. The highest BCUT2D eigenvalue weighted by molar-refractivity contribution is 5.37. The number of rotatable bonds is 6. The maximum Gasteiger partial charge on any atom is 0.123 e. The Morgan fingerprint density at radius 1 is 1.00 bits per heavy atom. The highest BCUT2D eigenvalue weighted by Crippen LogP contribution is 2.24. The molecule has 2 fully saturated rings. The fourth-order valence-corrected chi connectivity index (χ4v) is 1.59. The van der Waals surface area contributed by atoms with Gasteiger partial charge in [0.05, 0.1) is 13.2 Å². The molecule has 2 aliphatic heterocycles. The van der Waals surface area contributed by atoms with Gasteiger partial charge in [0.15, 0.2) is 0 Å². The molecule has 92 valence electrons. The summed E-state index contributed by atoms with van der Waals surface area (Å²) in [6.45, 7) is 4.90. The quantitative estimate of drug-likeness (QED) is 0.703. The molecular formula is C13H16O4. The second-order valence-corrected chi connectivity index (χ2v) is 4.51. The lowest BCUT2D eigenvalue weighted by molar-refractivity contribution is 0.252. The predicted molar refractivity (Wildman–Crippen MR) is 61.6 cm³/mol. The third kappa shape index (κ3) is 3.35. The van der Waals surface area contributed by atoms with Crippen LogP contribution in [0.25, 0.3) is 0 Å². The Kier molecular flexibility index (Phi) is 2.91. The van der Waals surface area contributed by atoms with E-state index in [-0.39, 0.29) is 12.2 Å². The summed E-state index contributed by atoms with van der Waals surface area (Å²) in [7, 11) is 0. The molecule has 1 aromatic rings. The van der Waals surface area contributed by atoms with Crippen molar-refractivity contribution in [1.82, 2.24) is 0 Å². The van der Waals surface area contributed by atoms with Crippen molar-refractivity contribution in [2.24, 2.45) is 0 Å². The Labute approximate surface area is 100 Å². The molecule has 0 spiro atoms. The molecule has 17 heavy (non-hydrogen) atoms. The maximum absolute atomic E-state index is 5.64. The molecule has 0 radical (unpaired) electrons. The fourth-order valence-electron chi connectivity index (χ4n) is 1.59. The van der Waals surface area contributed by atoms with Crippen LogP contribution >= 0.6 is 0 Å². The van der Waals surface area contributed by atoms with Crippen LogP contribution in [0.5, 0.6) is 11.5 Å². The minimum absolute atomic E-state index is 0.278. The molecule has 2 saturated heterocycles. The predicted octanol–water partition coefficient (Wildman–Crippen LogP) is 1.55. The molecule has 2 atom stereocenters. The van der Waals surface area contributed by atoms with E-state index in [0.29, 0.717) is 13.2 Å². The molecule has 4 nitrogen and oxygen atoms in total. The summed E-state index contributed by atoms with van der Waals surface area (Å²) in [6.07, 6.45) is 0.555. The van der Waals surface area contributed by atoms with Gasteiger partial charge in [-0.15, -0.1) is 0 Å². The van der Waals surface area contributed by atoms with Gasteiger partial charge in [-0.2, -0.15) is 0 Å². The summed E-state index contributed by atoms with van der Waals surface area (Å²) in [5.41, 5.74) is 1.13. The Bertz CT molecular complexity index is 362. The van der Waals surface area contributed by atoms with Crippen LogP contribution in [0.15, 0.2) is 18.2 Å². The second kappa shape index (κ2) is 4.55. The second-order valence-electron chi connectivity index (χ2n) is 4.51. The molecule has 0 bridgehead atoms. The van der Waals surface area contributed by atoms with E-state index in [2.05, 4.69) is 0 Å². The fraction of sp³-hybridized carbons (Fsp3) is 0.538. The molecule has 2 heterocycles. The van der Waals surface area contributed by atoms with Crippen molar-refractivity contribution in [3.8, 4) is 11.5 Å². The van der Waals surface area contributed by atoms with Crippen LogP contribution in [-0.2, 0) is 9.47 Å². The average Bonchev–Trinajstić information content (AvgIpc) is 3.15. The van der Waals surface area contributed by atoms with Crippen LogP contribution in [0, 0.1) is 6.92 Å². The highest BCUT2D eigenvalue weighted by atomic mass is 16.6. The zero-order valence-corrected chi connectivity index (χ0v) is 9.85. The number of ether oxygens (including phenoxy) is 4. The van der Waals surface area contributed by atoms with Crippen molar-refractivity contribution in [3.63, 3.8) is 0 Å².